The summed E-state index contributed by atoms with van der Waals surface area (Å²) in [4.78, 5) is 29.0. The minimum atomic E-state index is -0.501. The Hall–Kier alpha value is -2.75. The summed E-state index contributed by atoms with van der Waals surface area (Å²) in [7, 11) is 0. The fraction of sp³-hybridized carbons (Fsp3) is 0.167. The van der Waals surface area contributed by atoms with E-state index in [1.807, 2.05) is 6.07 Å². The van der Waals surface area contributed by atoms with Crippen LogP contribution in [0.5, 0.6) is 0 Å². The van der Waals surface area contributed by atoms with Gasteiger partial charge in [0.2, 0.25) is 0 Å². The first kappa shape index (κ1) is 13.0. The smallest absolute Gasteiger partial charge is 0.312 e. The first-order chi connectivity index (χ1) is 10.7. The Kier molecular flexibility index (Phi) is 2.89. The molecule has 0 amide bonds. The lowest BCUT2D eigenvalue weighted by Crippen LogP contribution is -2.18. The predicted octanol–water partition coefficient (Wildman–Crippen LogP) is 2.84. The molecule has 1 aromatic rings. The van der Waals surface area contributed by atoms with E-state index in [1.165, 1.54) is 6.08 Å². The van der Waals surface area contributed by atoms with Gasteiger partial charge in [-0.2, -0.15) is 0 Å². The van der Waals surface area contributed by atoms with Crippen LogP contribution in [0.15, 0.2) is 70.9 Å². The van der Waals surface area contributed by atoms with Gasteiger partial charge in [-0.15, -0.1) is 0 Å². The third-order valence-corrected chi connectivity index (χ3v) is 4.29. The molecule has 0 N–H and O–H groups in total. The highest BCUT2D eigenvalue weighted by molar-refractivity contribution is 6.23. The van der Waals surface area contributed by atoms with Crippen LogP contribution in [0, 0.1) is 11.8 Å². The zero-order chi connectivity index (χ0) is 15.1. The highest BCUT2D eigenvalue weighted by Gasteiger charge is 2.41. The molecule has 4 rings (SSSR count). The number of hydrogen-bond acceptors (Lipinski definition) is 4. The molecule has 0 aliphatic heterocycles. The number of carbonyl (C=O) groups excluding carboxylic acids is 2. The molecule has 0 radical (unpaired) electrons. The number of rotatable bonds is 2. The van der Waals surface area contributed by atoms with E-state index in [4.69, 9.17) is 4.84 Å². The average Bonchev–Trinajstić information content (AvgIpc) is 3.17. The van der Waals surface area contributed by atoms with Crippen molar-refractivity contribution in [2.45, 2.75) is 6.42 Å². The van der Waals surface area contributed by atoms with Crippen molar-refractivity contribution in [3.05, 3.63) is 71.3 Å². The van der Waals surface area contributed by atoms with Gasteiger partial charge in [0.15, 0.2) is 5.78 Å². The second kappa shape index (κ2) is 4.91. The molecule has 0 aromatic heterocycles. The molecule has 3 aliphatic rings. The van der Waals surface area contributed by atoms with Gasteiger partial charge in [-0.3, -0.25) is 4.79 Å². The van der Waals surface area contributed by atoms with Crippen LogP contribution in [0.3, 0.4) is 0 Å². The monoisotopic (exact) mass is 291 g/mol. The lowest BCUT2D eigenvalue weighted by atomic mass is 9.87. The van der Waals surface area contributed by atoms with Crippen LogP contribution in [0.4, 0.5) is 0 Å². The maximum Gasteiger partial charge on any atom is 0.365 e. The largest absolute Gasteiger partial charge is 0.365 e. The Labute approximate surface area is 127 Å². The van der Waals surface area contributed by atoms with E-state index in [-0.39, 0.29) is 17.6 Å². The molecular weight excluding hydrogens is 278 g/mol. The minimum absolute atomic E-state index is 0.0418. The zero-order valence-electron chi connectivity index (χ0n) is 11.7. The molecular formula is C18H13NO3. The van der Waals surface area contributed by atoms with Crippen molar-refractivity contribution < 1.29 is 14.4 Å². The van der Waals surface area contributed by atoms with Crippen molar-refractivity contribution in [3.63, 3.8) is 0 Å². The molecule has 0 heterocycles. The fourth-order valence-corrected chi connectivity index (χ4v) is 3.30. The highest BCUT2D eigenvalue weighted by atomic mass is 16.7. The molecule has 0 spiro atoms. The second-order valence-corrected chi connectivity index (χ2v) is 5.58. The summed E-state index contributed by atoms with van der Waals surface area (Å²) in [6.07, 6.45) is 8.24. The normalized spacial score (nSPS) is 26.7. The van der Waals surface area contributed by atoms with Crippen LogP contribution in [0.25, 0.3) is 0 Å². The van der Waals surface area contributed by atoms with Crippen molar-refractivity contribution in [2.75, 3.05) is 0 Å². The van der Waals surface area contributed by atoms with Crippen LogP contribution in [-0.2, 0) is 9.63 Å². The van der Waals surface area contributed by atoms with Gasteiger partial charge in [0.25, 0.3) is 0 Å². The molecule has 3 aliphatic carbocycles. The Morgan fingerprint density at radius 3 is 2.55 bits per heavy atom. The molecule has 0 saturated heterocycles. The van der Waals surface area contributed by atoms with Gasteiger partial charge in [0.05, 0.1) is 5.56 Å². The molecule has 4 heteroatoms. The molecule has 2 atom stereocenters. The van der Waals surface area contributed by atoms with Crippen LogP contribution in [-0.4, -0.2) is 17.5 Å². The number of nitrogens with zero attached hydrogens (tertiary/aromatic N) is 1. The second-order valence-electron chi connectivity index (χ2n) is 5.58. The molecule has 108 valence electrons. The summed E-state index contributed by atoms with van der Waals surface area (Å²) in [5, 5.41) is 3.99. The number of carbonyl (C=O) groups is 2. The van der Waals surface area contributed by atoms with Gasteiger partial charge in [-0.1, -0.05) is 35.5 Å². The third kappa shape index (κ3) is 1.96. The third-order valence-electron chi connectivity index (χ3n) is 4.29. The van der Waals surface area contributed by atoms with E-state index < -0.39 is 5.97 Å². The van der Waals surface area contributed by atoms with Gasteiger partial charge in [-0.05, 0) is 36.3 Å². The minimum Gasteiger partial charge on any atom is -0.312 e. The van der Waals surface area contributed by atoms with Crippen molar-refractivity contribution in [1.29, 1.82) is 0 Å². The first-order valence-corrected chi connectivity index (χ1v) is 7.23. The fourth-order valence-electron chi connectivity index (χ4n) is 3.30. The van der Waals surface area contributed by atoms with Gasteiger partial charge in [0, 0.05) is 17.4 Å². The Morgan fingerprint density at radius 2 is 1.77 bits per heavy atom. The number of allylic oxidation sites excluding steroid dienone is 6. The summed E-state index contributed by atoms with van der Waals surface area (Å²) < 4.78 is 0. The summed E-state index contributed by atoms with van der Waals surface area (Å²) >= 11 is 0. The number of hydrogen-bond donors (Lipinski definition) is 0. The zero-order valence-corrected chi connectivity index (χ0v) is 11.7. The lowest BCUT2D eigenvalue weighted by molar-refractivity contribution is -0.111. The SMILES string of the molecule is O=C1C=C/C(=N/OC(=O)c2ccccc2)C2=C1[C@@H]1C=C[C@@H]2C1. The summed E-state index contributed by atoms with van der Waals surface area (Å²) in [6, 6.07) is 8.72. The van der Waals surface area contributed by atoms with Crippen molar-refractivity contribution in [1.82, 2.24) is 0 Å². The molecule has 0 saturated carbocycles. The predicted molar refractivity (Wildman–Crippen MR) is 81.2 cm³/mol. The number of benzene rings is 1. The standard InChI is InChI=1S/C18H13NO3/c20-15-9-8-14(16-12-6-7-13(10-12)17(15)16)19-22-18(21)11-4-2-1-3-5-11/h1-9,12-13H,10H2/b19-14-/t12-,13-/m1/s1. The molecule has 0 unspecified atom stereocenters. The number of oxime groups is 1. The van der Waals surface area contributed by atoms with Crippen LogP contribution in [0.2, 0.25) is 0 Å². The van der Waals surface area contributed by atoms with Gasteiger partial charge < -0.3 is 4.84 Å². The van der Waals surface area contributed by atoms with E-state index in [0.29, 0.717) is 11.3 Å². The van der Waals surface area contributed by atoms with Crippen LogP contribution < -0.4 is 0 Å². The van der Waals surface area contributed by atoms with E-state index >= 15 is 0 Å². The summed E-state index contributed by atoms with van der Waals surface area (Å²) in [5.74, 6) is -0.0602. The van der Waals surface area contributed by atoms with Crippen molar-refractivity contribution in [3.8, 4) is 0 Å². The highest BCUT2D eigenvalue weighted by Crippen LogP contribution is 2.46. The quantitative estimate of drug-likeness (QED) is 0.364. The summed E-state index contributed by atoms with van der Waals surface area (Å²) in [6.45, 7) is 0. The average molecular weight is 291 g/mol. The maximum atomic E-state index is 12.0. The van der Waals surface area contributed by atoms with Gasteiger partial charge >= 0.3 is 5.97 Å². The van der Waals surface area contributed by atoms with E-state index in [0.717, 1.165) is 17.6 Å². The van der Waals surface area contributed by atoms with E-state index in [1.54, 1.807) is 30.3 Å². The van der Waals surface area contributed by atoms with Crippen molar-refractivity contribution >= 4 is 17.5 Å². The van der Waals surface area contributed by atoms with Crippen LogP contribution >= 0.6 is 0 Å². The van der Waals surface area contributed by atoms with Gasteiger partial charge in [-0.25, -0.2) is 4.79 Å². The topological polar surface area (TPSA) is 55.7 Å². The molecule has 22 heavy (non-hydrogen) atoms. The molecule has 1 aromatic carbocycles. The first-order valence-electron chi connectivity index (χ1n) is 7.23. The Morgan fingerprint density at radius 1 is 1.05 bits per heavy atom. The van der Waals surface area contributed by atoms with Crippen molar-refractivity contribution in [2.24, 2.45) is 17.0 Å². The van der Waals surface area contributed by atoms with Crippen LogP contribution in [0.1, 0.15) is 16.8 Å². The lowest BCUT2D eigenvalue weighted by Gasteiger charge is -2.17. The molecule has 4 nitrogen and oxygen atoms in total. The molecule has 2 bridgehead atoms. The van der Waals surface area contributed by atoms with E-state index in [2.05, 4.69) is 17.3 Å². The Balaban J connectivity index is 1.60. The van der Waals surface area contributed by atoms with Gasteiger partial charge in [0.1, 0.15) is 5.71 Å². The number of ketones is 1. The summed E-state index contributed by atoms with van der Waals surface area (Å²) in [5.41, 5.74) is 2.76. The Bertz CT molecular complexity index is 784. The van der Waals surface area contributed by atoms with E-state index in [9.17, 15) is 9.59 Å². The number of fused-ring (bicyclic) bond motifs is 4. The maximum absolute atomic E-state index is 12.0. The molecule has 0 fully saturated rings.